The fourth-order valence-corrected chi connectivity index (χ4v) is 1.99. The first kappa shape index (κ1) is 16.3. The highest BCUT2D eigenvalue weighted by molar-refractivity contribution is 5.95. The summed E-state index contributed by atoms with van der Waals surface area (Å²) >= 11 is 0. The Kier molecular flexibility index (Phi) is 5.85. The van der Waals surface area contributed by atoms with Crippen LogP contribution in [0.1, 0.15) is 47.9 Å². The topological polar surface area (TPSA) is 83.8 Å². The normalized spacial score (nSPS) is 13.7. The fourth-order valence-electron chi connectivity index (χ4n) is 1.99. The van der Waals surface area contributed by atoms with Crippen molar-refractivity contribution in [3.63, 3.8) is 0 Å². The summed E-state index contributed by atoms with van der Waals surface area (Å²) in [6.07, 6.45) is -2.71. The zero-order valence-corrected chi connectivity index (χ0v) is 11.9. The number of esters is 1. The van der Waals surface area contributed by atoms with Gasteiger partial charge in [-0.25, -0.2) is 0 Å². The van der Waals surface area contributed by atoms with Crippen molar-refractivity contribution in [2.45, 2.75) is 39.4 Å². The molecule has 20 heavy (non-hydrogen) atoms. The van der Waals surface area contributed by atoms with E-state index >= 15 is 0 Å². The van der Waals surface area contributed by atoms with Crippen LogP contribution in [0.5, 0.6) is 0 Å². The molecule has 0 bridgehead atoms. The highest BCUT2D eigenvalue weighted by Crippen LogP contribution is 2.22. The van der Waals surface area contributed by atoms with E-state index in [0.717, 1.165) is 5.56 Å². The minimum Gasteiger partial charge on any atom is -0.466 e. The molecule has 0 heterocycles. The summed E-state index contributed by atoms with van der Waals surface area (Å²) in [5, 5.41) is 19.8. The second kappa shape index (κ2) is 7.17. The lowest BCUT2D eigenvalue weighted by Gasteiger charge is -2.18. The molecule has 0 aliphatic heterocycles. The number of benzene rings is 1. The third-order valence-electron chi connectivity index (χ3n) is 3.02. The highest BCUT2D eigenvalue weighted by Gasteiger charge is 2.22. The van der Waals surface area contributed by atoms with Crippen LogP contribution in [0.25, 0.3) is 0 Å². The number of hydrogen-bond acceptors (Lipinski definition) is 5. The van der Waals surface area contributed by atoms with Crippen molar-refractivity contribution in [3.05, 3.63) is 34.9 Å². The maximum atomic E-state index is 11.3. The van der Waals surface area contributed by atoms with Gasteiger partial charge in [0.1, 0.15) is 6.10 Å². The molecule has 0 fully saturated rings. The zero-order valence-electron chi connectivity index (χ0n) is 11.9. The molecule has 0 amide bonds. The minimum absolute atomic E-state index is 0.0596. The maximum absolute atomic E-state index is 11.3. The molecule has 0 spiro atoms. The Morgan fingerprint density at radius 2 is 1.95 bits per heavy atom. The smallest absolute Gasteiger partial charge is 0.308 e. The van der Waals surface area contributed by atoms with Crippen molar-refractivity contribution in [1.29, 1.82) is 0 Å². The predicted molar refractivity (Wildman–Crippen MR) is 73.4 cm³/mol. The van der Waals surface area contributed by atoms with Gasteiger partial charge in [-0.05, 0) is 31.9 Å². The molecule has 2 atom stereocenters. The molecular weight excluding hydrogens is 260 g/mol. The van der Waals surface area contributed by atoms with Crippen molar-refractivity contribution in [1.82, 2.24) is 0 Å². The van der Waals surface area contributed by atoms with E-state index in [2.05, 4.69) is 0 Å². The molecule has 0 aliphatic carbocycles. The number of hydrogen-bond donors (Lipinski definition) is 2. The van der Waals surface area contributed by atoms with Gasteiger partial charge in [-0.15, -0.1) is 0 Å². The van der Waals surface area contributed by atoms with Gasteiger partial charge in [0.15, 0.2) is 5.78 Å². The van der Waals surface area contributed by atoms with E-state index in [9.17, 15) is 19.8 Å². The van der Waals surface area contributed by atoms with Crippen molar-refractivity contribution >= 4 is 11.8 Å². The van der Waals surface area contributed by atoms with Crippen LogP contribution in [-0.2, 0) is 9.53 Å². The van der Waals surface area contributed by atoms with Gasteiger partial charge in [0.05, 0.1) is 19.1 Å². The number of carbonyl (C=O) groups is 2. The number of aliphatic hydroxyl groups is 2. The summed E-state index contributed by atoms with van der Waals surface area (Å²) in [5.41, 5.74) is 1.75. The van der Waals surface area contributed by atoms with E-state index in [1.807, 2.05) is 0 Å². The van der Waals surface area contributed by atoms with Crippen LogP contribution in [0.4, 0.5) is 0 Å². The van der Waals surface area contributed by atoms with E-state index in [0.29, 0.717) is 11.1 Å². The van der Waals surface area contributed by atoms with Gasteiger partial charge in [-0.1, -0.05) is 18.2 Å². The number of aliphatic hydroxyl groups excluding tert-OH is 2. The quantitative estimate of drug-likeness (QED) is 0.610. The van der Waals surface area contributed by atoms with Crippen molar-refractivity contribution in [2.24, 2.45) is 0 Å². The van der Waals surface area contributed by atoms with Gasteiger partial charge in [0.25, 0.3) is 0 Å². The number of carbonyl (C=O) groups excluding carboxylic acids is 2. The Labute approximate surface area is 118 Å². The Morgan fingerprint density at radius 3 is 2.45 bits per heavy atom. The lowest BCUT2D eigenvalue weighted by atomic mass is 9.96. The van der Waals surface area contributed by atoms with Gasteiger partial charge < -0.3 is 14.9 Å². The van der Waals surface area contributed by atoms with Crippen LogP contribution in [0.2, 0.25) is 0 Å². The molecule has 1 rings (SSSR count). The first-order chi connectivity index (χ1) is 9.36. The van der Waals surface area contributed by atoms with E-state index in [-0.39, 0.29) is 18.8 Å². The van der Waals surface area contributed by atoms with Crippen LogP contribution in [0.3, 0.4) is 0 Å². The highest BCUT2D eigenvalue weighted by atomic mass is 16.5. The number of ketones is 1. The van der Waals surface area contributed by atoms with Gasteiger partial charge in [0, 0.05) is 5.56 Å². The molecule has 2 N–H and O–H groups in total. The van der Waals surface area contributed by atoms with E-state index in [1.165, 1.54) is 6.92 Å². The number of ether oxygens (including phenoxy) is 1. The number of Topliss-reactive ketones (excluding diaryl/α,β-unsaturated/α-hetero) is 1. The molecule has 0 aromatic heterocycles. The minimum atomic E-state index is -1.24. The summed E-state index contributed by atoms with van der Waals surface area (Å²) in [7, 11) is 0. The van der Waals surface area contributed by atoms with Gasteiger partial charge >= 0.3 is 5.97 Å². The molecule has 0 radical (unpaired) electrons. The summed E-state index contributed by atoms with van der Waals surface area (Å²) in [6.45, 7) is 5.12. The van der Waals surface area contributed by atoms with Crippen LogP contribution in [0.15, 0.2) is 18.2 Å². The Hall–Kier alpha value is -1.72. The van der Waals surface area contributed by atoms with Crippen LogP contribution < -0.4 is 0 Å². The Morgan fingerprint density at radius 1 is 1.30 bits per heavy atom. The lowest BCUT2D eigenvalue weighted by Crippen LogP contribution is -2.23. The van der Waals surface area contributed by atoms with E-state index in [1.54, 1.807) is 32.0 Å². The summed E-state index contributed by atoms with van der Waals surface area (Å²) < 4.78 is 4.72. The summed E-state index contributed by atoms with van der Waals surface area (Å²) in [5.74, 6) is -0.619. The average molecular weight is 280 g/mol. The monoisotopic (exact) mass is 280 g/mol. The third-order valence-corrected chi connectivity index (χ3v) is 3.02. The fraction of sp³-hybridized carbons (Fsp3) is 0.467. The maximum Gasteiger partial charge on any atom is 0.308 e. The Balaban J connectivity index is 2.81. The van der Waals surface area contributed by atoms with Crippen LogP contribution in [-0.4, -0.2) is 34.7 Å². The zero-order chi connectivity index (χ0) is 15.3. The van der Waals surface area contributed by atoms with Gasteiger partial charge in [-0.3, -0.25) is 9.59 Å². The largest absolute Gasteiger partial charge is 0.466 e. The molecule has 0 aliphatic rings. The van der Waals surface area contributed by atoms with Crippen LogP contribution >= 0.6 is 0 Å². The SMILES string of the molecule is CCOC(=O)CC(O)C(O)c1ccc(C(C)=O)c(C)c1. The molecule has 2 unspecified atom stereocenters. The van der Waals surface area contributed by atoms with Crippen molar-refractivity contribution < 1.29 is 24.5 Å². The number of aryl methyl sites for hydroxylation is 1. The van der Waals surface area contributed by atoms with Gasteiger partial charge in [-0.2, -0.15) is 0 Å². The average Bonchev–Trinajstić information content (AvgIpc) is 2.37. The lowest BCUT2D eigenvalue weighted by molar-refractivity contribution is -0.147. The standard InChI is InChI=1S/C15H20O5/c1-4-20-14(18)8-13(17)15(19)11-5-6-12(10(3)16)9(2)7-11/h5-7,13,15,17,19H,4,8H2,1-3H3. The molecular formula is C15H20O5. The first-order valence-electron chi connectivity index (χ1n) is 6.50. The third kappa shape index (κ3) is 4.15. The predicted octanol–water partition coefficient (Wildman–Crippen LogP) is 1.55. The van der Waals surface area contributed by atoms with Crippen molar-refractivity contribution in [2.75, 3.05) is 6.61 Å². The molecule has 0 saturated heterocycles. The molecule has 1 aromatic rings. The summed E-state index contributed by atoms with van der Waals surface area (Å²) in [6, 6.07) is 4.81. The molecule has 5 heteroatoms. The summed E-state index contributed by atoms with van der Waals surface area (Å²) in [4.78, 5) is 22.6. The molecule has 0 saturated carbocycles. The van der Waals surface area contributed by atoms with Crippen molar-refractivity contribution in [3.8, 4) is 0 Å². The first-order valence-corrected chi connectivity index (χ1v) is 6.50. The Bertz CT molecular complexity index is 495. The number of rotatable bonds is 6. The van der Waals surface area contributed by atoms with E-state index in [4.69, 9.17) is 4.74 Å². The van der Waals surface area contributed by atoms with Crippen LogP contribution in [0, 0.1) is 6.92 Å². The molecule has 1 aromatic carbocycles. The second-order valence-electron chi connectivity index (χ2n) is 4.65. The second-order valence-corrected chi connectivity index (χ2v) is 4.65. The van der Waals surface area contributed by atoms with Gasteiger partial charge in [0.2, 0.25) is 0 Å². The molecule has 110 valence electrons. The molecule has 5 nitrogen and oxygen atoms in total. The van der Waals surface area contributed by atoms with E-state index < -0.39 is 18.2 Å².